The fourth-order valence-electron chi connectivity index (χ4n) is 3.62. The minimum atomic E-state index is -0.0923. The molecule has 4 nitrogen and oxygen atoms in total. The molecule has 1 amide bonds. The number of ether oxygens (including phenoxy) is 1. The number of carbonyl (C=O) groups excluding carboxylic acids is 1. The third kappa shape index (κ3) is 5.66. The Morgan fingerprint density at radius 1 is 1.35 bits per heavy atom. The Balaban J connectivity index is 1.89. The summed E-state index contributed by atoms with van der Waals surface area (Å²) >= 11 is 9.27. The zero-order valence-corrected chi connectivity index (χ0v) is 16.4. The van der Waals surface area contributed by atoms with Gasteiger partial charge in [-0.15, -0.1) is 0 Å². The molecule has 128 valence electrons. The van der Waals surface area contributed by atoms with E-state index in [1.165, 1.54) is 0 Å². The van der Waals surface area contributed by atoms with Crippen molar-refractivity contribution < 1.29 is 14.8 Å². The molecule has 1 fully saturated rings. The first kappa shape index (κ1) is 18.6. The van der Waals surface area contributed by atoms with Gasteiger partial charge in [-0.25, -0.2) is 0 Å². The molecule has 0 aromatic heterocycles. The van der Waals surface area contributed by atoms with Gasteiger partial charge >= 0.3 is 0 Å². The number of hydrogen-bond acceptors (Lipinski definition) is 2. The van der Waals surface area contributed by atoms with Crippen LogP contribution in [0.25, 0.3) is 0 Å². The molecule has 1 aliphatic heterocycles. The molecular formula is C17H25BrClN2O2+. The number of piperidine rings is 1. The van der Waals surface area contributed by atoms with Crippen molar-refractivity contribution in [3.05, 3.63) is 27.7 Å². The summed E-state index contributed by atoms with van der Waals surface area (Å²) in [6, 6.07) is 5.41. The van der Waals surface area contributed by atoms with Gasteiger partial charge in [-0.05, 0) is 61.8 Å². The summed E-state index contributed by atoms with van der Waals surface area (Å²) in [5.74, 6) is 0.521. The van der Waals surface area contributed by atoms with Gasteiger partial charge in [0.2, 0.25) is 0 Å². The van der Waals surface area contributed by atoms with Gasteiger partial charge in [0.1, 0.15) is 5.75 Å². The van der Waals surface area contributed by atoms with E-state index in [1.807, 2.05) is 0 Å². The van der Waals surface area contributed by atoms with E-state index in [4.69, 9.17) is 16.3 Å². The van der Waals surface area contributed by atoms with E-state index >= 15 is 0 Å². The third-order valence-electron chi connectivity index (χ3n) is 3.94. The molecule has 23 heavy (non-hydrogen) atoms. The summed E-state index contributed by atoms with van der Waals surface area (Å²) in [5, 5.41) is 6.12. The molecule has 1 aliphatic rings. The molecule has 1 saturated heterocycles. The number of nitrogens with two attached hydrogens (primary N) is 1. The second-order valence-corrected chi connectivity index (χ2v) is 8.95. The monoisotopic (exact) mass is 403 g/mol. The van der Waals surface area contributed by atoms with Crippen LogP contribution in [0.3, 0.4) is 0 Å². The highest BCUT2D eigenvalue weighted by molar-refractivity contribution is 9.10. The molecule has 0 bridgehead atoms. The number of nitrogens with one attached hydrogen (secondary N) is 1. The first-order valence-electron chi connectivity index (χ1n) is 7.81. The van der Waals surface area contributed by atoms with Crippen LogP contribution in [0, 0.1) is 0 Å². The van der Waals surface area contributed by atoms with E-state index < -0.39 is 0 Å². The lowest BCUT2D eigenvalue weighted by Gasteiger charge is -2.43. The van der Waals surface area contributed by atoms with Gasteiger partial charge in [0.15, 0.2) is 6.61 Å². The average molecular weight is 405 g/mol. The van der Waals surface area contributed by atoms with Gasteiger partial charge in [0.05, 0.1) is 15.6 Å². The standard InChI is InChI=1S/C17H24BrClN2O2/c1-16(2)8-12(9-17(3,4)21-16)20-15(22)10-23-14-6-5-11(19)7-13(14)18/h5-7,12,21H,8-10H2,1-4H3,(H,20,22)/p+1. The summed E-state index contributed by atoms with van der Waals surface area (Å²) in [5.41, 5.74) is 0.250. The minimum absolute atomic E-state index is 0.00129. The van der Waals surface area contributed by atoms with Gasteiger partial charge in [-0.3, -0.25) is 4.79 Å². The number of benzene rings is 1. The van der Waals surface area contributed by atoms with Crippen molar-refractivity contribution >= 4 is 33.4 Å². The van der Waals surface area contributed by atoms with E-state index in [1.54, 1.807) is 18.2 Å². The molecular weight excluding hydrogens is 380 g/mol. The highest BCUT2D eigenvalue weighted by Gasteiger charge is 2.42. The van der Waals surface area contributed by atoms with Crippen molar-refractivity contribution in [2.75, 3.05) is 6.61 Å². The normalized spacial score (nSPS) is 20.1. The van der Waals surface area contributed by atoms with E-state index in [2.05, 4.69) is 54.3 Å². The number of quaternary nitrogens is 1. The quantitative estimate of drug-likeness (QED) is 0.811. The van der Waals surface area contributed by atoms with Gasteiger partial charge < -0.3 is 15.4 Å². The number of amides is 1. The molecule has 0 radical (unpaired) electrons. The zero-order valence-electron chi connectivity index (χ0n) is 14.1. The summed E-state index contributed by atoms with van der Waals surface area (Å²) in [6.45, 7) is 8.87. The Bertz CT molecular complexity index is 574. The van der Waals surface area contributed by atoms with Crippen LogP contribution in [0.5, 0.6) is 5.75 Å². The van der Waals surface area contributed by atoms with E-state index in [0.29, 0.717) is 10.8 Å². The van der Waals surface area contributed by atoms with Crippen LogP contribution < -0.4 is 15.4 Å². The molecule has 3 N–H and O–H groups in total. The average Bonchev–Trinajstić information content (AvgIpc) is 2.33. The first-order chi connectivity index (χ1) is 10.6. The van der Waals surface area contributed by atoms with Crippen molar-refractivity contribution in [1.29, 1.82) is 0 Å². The lowest BCUT2D eigenvalue weighted by atomic mass is 9.79. The van der Waals surface area contributed by atoms with Gasteiger partial charge in [-0.2, -0.15) is 0 Å². The van der Waals surface area contributed by atoms with Gasteiger partial charge in [0.25, 0.3) is 5.91 Å². The van der Waals surface area contributed by atoms with Crippen molar-refractivity contribution in [2.24, 2.45) is 0 Å². The van der Waals surface area contributed by atoms with Gasteiger partial charge in [-0.1, -0.05) is 11.6 Å². The molecule has 0 aliphatic carbocycles. The van der Waals surface area contributed by atoms with Crippen molar-refractivity contribution in [3.63, 3.8) is 0 Å². The van der Waals surface area contributed by atoms with Gasteiger partial charge in [0, 0.05) is 23.9 Å². The number of halogens is 2. The first-order valence-corrected chi connectivity index (χ1v) is 8.98. The second kappa shape index (κ2) is 6.99. The molecule has 1 heterocycles. The molecule has 6 heteroatoms. The predicted molar refractivity (Wildman–Crippen MR) is 95.9 cm³/mol. The van der Waals surface area contributed by atoms with Crippen molar-refractivity contribution in [3.8, 4) is 5.75 Å². The predicted octanol–water partition coefficient (Wildman–Crippen LogP) is 2.88. The Kier molecular flexibility index (Phi) is 5.64. The molecule has 1 aromatic carbocycles. The van der Waals surface area contributed by atoms with Crippen LogP contribution in [-0.4, -0.2) is 29.6 Å². The smallest absolute Gasteiger partial charge is 0.258 e. The molecule has 0 unspecified atom stereocenters. The highest BCUT2D eigenvalue weighted by atomic mass is 79.9. The summed E-state index contributed by atoms with van der Waals surface area (Å²) in [7, 11) is 0. The second-order valence-electron chi connectivity index (χ2n) is 7.66. The number of rotatable bonds is 4. The zero-order chi connectivity index (χ0) is 17.3. The van der Waals surface area contributed by atoms with Crippen LogP contribution >= 0.6 is 27.5 Å². The Labute approximate surface area is 151 Å². The Morgan fingerprint density at radius 3 is 2.52 bits per heavy atom. The maximum Gasteiger partial charge on any atom is 0.258 e. The van der Waals surface area contributed by atoms with Crippen LogP contribution in [0.2, 0.25) is 5.02 Å². The fourth-order valence-corrected chi connectivity index (χ4v) is 4.42. The molecule has 0 atom stereocenters. The number of carbonyl (C=O) groups is 1. The molecule has 1 aromatic rings. The molecule has 0 saturated carbocycles. The maximum absolute atomic E-state index is 12.2. The molecule has 0 spiro atoms. The maximum atomic E-state index is 12.2. The molecule has 2 rings (SSSR count). The van der Waals surface area contributed by atoms with Crippen LogP contribution in [0.1, 0.15) is 40.5 Å². The summed E-state index contributed by atoms with van der Waals surface area (Å²) in [6.07, 6.45) is 1.90. The SMILES string of the molecule is CC1(C)CC(NC(=O)COc2ccc(Cl)cc2Br)CC(C)(C)[NH2+]1. The topological polar surface area (TPSA) is 54.9 Å². The highest BCUT2D eigenvalue weighted by Crippen LogP contribution is 2.28. The fraction of sp³-hybridized carbons (Fsp3) is 0.588. The number of hydrogen-bond donors (Lipinski definition) is 2. The van der Waals surface area contributed by atoms with Crippen molar-refractivity contribution in [1.82, 2.24) is 5.32 Å². The van der Waals surface area contributed by atoms with Crippen LogP contribution in [0.15, 0.2) is 22.7 Å². The Morgan fingerprint density at radius 2 is 1.96 bits per heavy atom. The van der Waals surface area contributed by atoms with E-state index in [0.717, 1.165) is 17.3 Å². The largest absolute Gasteiger partial charge is 0.483 e. The lowest BCUT2D eigenvalue weighted by Crippen LogP contribution is -3.06. The lowest BCUT2D eigenvalue weighted by molar-refractivity contribution is -0.787. The third-order valence-corrected chi connectivity index (χ3v) is 4.80. The minimum Gasteiger partial charge on any atom is -0.483 e. The Hall–Kier alpha value is -0.780. The van der Waals surface area contributed by atoms with Crippen molar-refractivity contribution in [2.45, 2.75) is 57.7 Å². The summed E-state index contributed by atoms with van der Waals surface area (Å²) in [4.78, 5) is 12.2. The van der Waals surface area contributed by atoms with E-state index in [9.17, 15) is 4.79 Å². The van der Waals surface area contributed by atoms with E-state index in [-0.39, 0.29) is 29.6 Å². The van der Waals surface area contributed by atoms with Crippen LogP contribution in [0.4, 0.5) is 0 Å². The van der Waals surface area contributed by atoms with Crippen LogP contribution in [-0.2, 0) is 4.79 Å². The summed E-state index contributed by atoms with van der Waals surface area (Å²) < 4.78 is 6.32.